The minimum atomic E-state index is 0.401. The molecule has 0 fully saturated rings. The van der Waals surface area contributed by atoms with Gasteiger partial charge in [0.1, 0.15) is 5.78 Å². The van der Waals surface area contributed by atoms with Gasteiger partial charge in [-0.3, -0.25) is 4.79 Å². The number of Topliss-reactive ketones (excluding diaryl/α,β-unsaturated/α-hetero) is 1. The molecule has 0 aliphatic heterocycles. The molecular formula is C10H19BrO. The van der Waals surface area contributed by atoms with Crippen molar-refractivity contribution in [2.75, 3.05) is 0 Å². The lowest BCUT2D eigenvalue weighted by atomic mass is 10.1. The minimum Gasteiger partial charge on any atom is -0.300 e. The van der Waals surface area contributed by atoms with Gasteiger partial charge in [0.2, 0.25) is 0 Å². The molecule has 0 bridgehead atoms. The largest absolute Gasteiger partial charge is 0.300 e. The lowest BCUT2D eigenvalue weighted by Crippen LogP contribution is -1.98. The van der Waals surface area contributed by atoms with Gasteiger partial charge in [-0.2, -0.15) is 0 Å². The third-order valence-electron chi connectivity index (χ3n) is 2.06. The lowest BCUT2D eigenvalue weighted by molar-refractivity contribution is -0.118. The maximum atomic E-state index is 10.9. The molecule has 0 rings (SSSR count). The first-order chi connectivity index (χ1) is 5.70. The van der Waals surface area contributed by atoms with E-state index in [0.29, 0.717) is 17.0 Å². The van der Waals surface area contributed by atoms with Gasteiger partial charge in [-0.15, -0.1) is 0 Å². The van der Waals surface area contributed by atoms with Gasteiger partial charge in [-0.25, -0.2) is 0 Å². The molecule has 1 atom stereocenters. The molecule has 1 unspecified atom stereocenters. The van der Waals surface area contributed by atoms with E-state index >= 15 is 0 Å². The topological polar surface area (TPSA) is 17.1 Å². The van der Waals surface area contributed by atoms with Gasteiger partial charge in [-0.05, 0) is 19.3 Å². The van der Waals surface area contributed by atoms with Crippen LogP contribution in [0.25, 0.3) is 0 Å². The number of carbonyl (C=O) groups is 1. The molecule has 0 heterocycles. The Bertz CT molecular complexity index is 123. The molecule has 0 aromatic rings. The molecule has 0 saturated heterocycles. The first kappa shape index (κ1) is 12.2. The zero-order chi connectivity index (χ0) is 9.40. The Labute approximate surface area is 84.1 Å². The molecule has 1 nitrogen and oxygen atoms in total. The second kappa shape index (κ2) is 7.78. The molecule has 0 amide bonds. The molecule has 2 heteroatoms. The van der Waals surface area contributed by atoms with Gasteiger partial charge in [0.05, 0.1) is 0 Å². The van der Waals surface area contributed by atoms with Crippen LogP contribution in [0.3, 0.4) is 0 Å². The summed E-state index contributed by atoms with van der Waals surface area (Å²) < 4.78 is 0. The van der Waals surface area contributed by atoms with Crippen molar-refractivity contribution in [2.45, 2.75) is 57.2 Å². The summed E-state index contributed by atoms with van der Waals surface area (Å²) in [5.41, 5.74) is 0. The average Bonchev–Trinajstić information content (AvgIpc) is 2.11. The molecule has 0 aliphatic carbocycles. The van der Waals surface area contributed by atoms with E-state index in [4.69, 9.17) is 0 Å². The van der Waals surface area contributed by atoms with Crippen LogP contribution in [0.1, 0.15) is 52.4 Å². The van der Waals surface area contributed by atoms with E-state index in [2.05, 4.69) is 22.9 Å². The Balaban J connectivity index is 3.15. The highest BCUT2D eigenvalue weighted by molar-refractivity contribution is 9.09. The van der Waals surface area contributed by atoms with Crippen molar-refractivity contribution in [2.24, 2.45) is 0 Å². The molecule has 0 aromatic carbocycles. The van der Waals surface area contributed by atoms with Crippen molar-refractivity contribution in [1.82, 2.24) is 0 Å². The van der Waals surface area contributed by atoms with Crippen molar-refractivity contribution in [3.63, 3.8) is 0 Å². The summed E-state index contributed by atoms with van der Waals surface area (Å²) in [7, 11) is 0. The smallest absolute Gasteiger partial charge is 0.132 e. The van der Waals surface area contributed by atoms with Gasteiger partial charge >= 0.3 is 0 Å². The maximum absolute atomic E-state index is 10.9. The number of carbonyl (C=O) groups excluding carboxylic acids is 1. The number of alkyl halides is 1. The van der Waals surface area contributed by atoms with Crippen LogP contribution in [0.15, 0.2) is 0 Å². The summed E-state index contributed by atoms with van der Waals surface area (Å²) in [5.74, 6) is 0.401. The van der Waals surface area contributed by atoms with Crippen LogP contribution in [-0.2, 0) is 4.79 Å². The summed E-state index contributed by atoms with van der Waals surface area (Å²) in [4.78, 5) is 11.6. The van der Waals surface area contributed by atoms with Gasteiger partial charge in [0.25, 0.3) is 0 Å². The predicted octanol–water partition coefficient (Wildman–Crippen LogP) is 3.70. The highest BCUT2D eigenvalue weighted by Crippen LogP contribution is 2.14. The van der Waals surface area contributed by atoms with E-state index in [1.54, 1.807) is 0 Å². The van der Waals surface area contributed by atoms with Crippen LogP contribution in [0.5, 0.6) is 0 Å². The Morgan fingerprint density at radius 2 is 2.00 bits per heavy atom. The molecule has 0 spiro atoms. The molecule has 72 valence electrons. The van der Waals surface area contributed by atoms with Crippen molar-refractivity contribution >= 4 is 21.7 Å². The van der Waals surface area contributed by atoms with Crippen LogP contribution in [0, 0.1) is 0 Å². The molecule has 0 aliphatic rings. The van der Waals surface area contributed by atoms with Crippen molar-refractivity contribution < 1.29 is 4.79 Å². The van der Waals surface area contributed by atoms with E-state index in [1.807, 2.05) is 6.92 Å². The number of unbranched alkanes of at least 4 members (excludes halogenated alkanes) is 1. The highest BCUT2D eigenvalue weighted by Gasteiger charge is 2.01. The monoisotopic (exact) mass is 234 g/mol. The first-order valence-corrected chi connectivity index (χ1v) is 5.78. The Kier molecular flexibility index (Phi) is 7.88. The number of halogens is 1. The van der Waals surface area contributed by atoms with Crippen molar-refractivity contribution in [3.05, 3.63) is 0 Å². The predicted molar refractivity (Wildman–Crippen MR) is 56.8 cm³/mol. The number of hydrogen-bond acceptors (Lipinski definition) is 1. The van der Waals surface area contributed by atoms with Gasteiger partial charge < -0.3 is 0 Å². The quantitative estimate of drug-likeness (QED) is 0.485. The van der Waals surface area contributed by atoms with Crippen molar-refractivity contribution in [3.8, 4) is 0 Å². The van der Waals surface area contributed by atoms with Crippen LogP contribution in [0.4, 0.5) is 0 Å². The molecular weight excluding hydrogens is 216 g/mol. The fourth-order valence-corrected chi connectivity index (χ4v) is 1.39. The Hall–Kier alpha value is 0.150. The summed E-state index contributed by atoms with van der Waals surface area (Å²) >= 11 is 3.58. The number of ketones is 1. The second-order valence-corrected chi connectivity index (χ2v) is 4.44. The van der Waals surface area contributed by atoms with Gasteiger partial charge in [-0.1, -0.05) is 36.2 Å². The zero-order valence-corrected chi connectivity index (χ0v) is 9.69. The summed E-state index contributed by atoms with van der Waals surface area (Å²) in [5, 5.41) is 0. The summed E-state index contributed by atoms with van der Waals surface area (Å²) in [6.45, 7) is 4.11. The van der Waals surface area contributed by atoms with Gasteiger partial charge in [0, 0.05) is 17.7 Å². The second-order valence-electron chi connectivity index (χ2n) is 3.14. The summed E-state index contributed by atoms with van der Waals surface area (Å²) in [6, 6.07) is 0. The average molecular weight is 235 g/mol. The van der Waals surface area contributed by atoms with Crippen LogP contribution in [0.2, 0.25) is 0 Å². The lowest BCUT2D eigenvalue weighted by Gasteiger charge is -2.04. The van der Waals surface area contributed by atoms with E-state index in [-0.39, 0.29) is 0 Å². The minimum absolute atomic E-state index is 0.401. The van der Waals surface area contributed by atoms with E-state index in [9.17, 15) is 4.79 Å². The molecule has 0 saturated carbocycles. The van der Waals surface area contributed by atoms with Gasteiger partial charge in [0.15, 0.2) is 0 Å². The van der Waals surface area contributed by atoms with E-state index in [0.717, 1.165) is 12.8 Å². The maximum Gasteiger partial charge on any atom is 0.132 e. The highest BCUT2D eigenvalue weighted by atomic mass is 79.9. The third-order valence-corrected chi connectivity index (χ3v) is 3.17. The standard InChI is InChI=1S/C10H19BrO/c1-3-9(11)7-5-6-8-10(12)4-2/h9H,3-8H2,1-2H3. The van der Waals surface area contributed by atoms with E-state index in [1.165, 1.54) is 19.3 Å². The molecule has 12 heavy (non-hydrogen) atoms. The fourth-order valence-electron chi connectivity index (χ4n) is 1.07. The Morgan fingerprint density at radius 3 is 2.50 bits per heavy atom. The fraction of sp³-hybridized carbons (Fsp3) is 0.900. The first-order valence-electron chi connectivity index (χ1n) is 4.86. The third kappa shape index (κ3) is 6.84. The molecule has 0 N–H and O–H groups in total. The van der Waals surface area contributed by atoms with Crippen LogP contribution < -0.4 is 0 Å². The normalized spacial score (nSPS) is 12.9. The Morgan fingerprint density at radius 1 is 1.33 bits per heavy atom. The summed E-state index contributed by atoms with van der Waals surface area (Å²) in [6.07, 6.45) is 6.10. The molecule has 0 radical (unpaired) electrons. The van der Waals surface area contributed by atoms with Crippen molar-refractivity contribution in [1.29, 1.82) is 0 Å². The van der Waals surface area contributed by atoms with E-state index < -0.39 is 0 Å². The SMILES string of the molecule is CCC(=O)CCCCC(Br)CC. The molecule has 0 aromatic heterocycles. The zero-order valence-electron chi connectivity index (χ0n) is 8.11. The number of hydrogen-bond donors (Lipinski definition) is 0. The van der Waals surface area contributed by atoms with Crippen LogP contribution >= 0.6 is 15.9 Å². The number of rotatable bonds is 7. The van der Waals surface area contributed by atoms with Crippen LogP contribution in [-0.4, -0.2) is 10.6 Å².